The Morgan fingerprint density at radius 1 is 1.38 bits per heavy atom. The van der Waals surface area contributed by atoms with Gasteiger partial charge in [0, 0.05) is 31.4 Å². The van der Waals surface area contributed by atoms with Crippen LogP contribution in [0.5, 0.6) is 5.75 Å². The molecule has 4 rings (SSSR count). The molecule has 1 unspecified atom stereocenters. The molecule has 1 aliphatic heterocycles. The molecule has 1 aromatic carbocycles. The molecule has 29 heavy (non-hydrogen) atoms. The van der Waals surface area contributed by atoms with Gasteiger partial charge in [0.15, 0.2) is 0 Å². The van der Waals surface area contributed by atoms with Gasteiger partial charge in [-0.15, -0.1) is 5.10 Å². The highest BCUT2D eigenvalue weighted by Crippen LogP contribution is 2.26. The van der Waals surface area contributed by atoms with E-state index in [1.54, 1.807) is 7.11 Å². The molecule has 0 aliphatic carbocycles. The number of benzene rings is 1. The van der Waals surface area contributed by atoms with Gasteiger partial charge >= 0.3 is 0 Å². The van der Waals surface area contributed by atoms with Crippen molar-refractivity contribution < 1.29 is 9.53 Å². The average Bonchev–Trinajstić information content (AvgIpc) is 3.18. The number of fused-ring (bicyclic) bond motifs is 1. The summed E-state index contributed by atoms with van der Waals surface area (Å²) in [6.45, 7) is 4.30. The number of carbonyl (C=O) groups is 1. The van der Waals surface area contributed by atoms with Gasteiger partial charge in [-0.2, -0.15) is 4.52 Å². The lowest BCUT2D eigenvalue weighted by Crippen LogP contribution is -2.34. The van der Waals surface area contributed by atoms with Gasteiger partial charge in [0.25, 0.3) is 11.5 Å². The topological polar surface area (TPSA) is 88.8 Å². The summed E-state index contributed by atoms with van der Waals surface area (Å²) >= 11 is 1.37. The van der Waals surface area contributed by atoms with Gasteiger partial charge in [-0.1, -0.05) is 36.5 Å². The third-order valence-electron chi connectivity index (χ3n) is 5.08. The molecule has 1 atom stereocenters. The summed E-state index contributed by atoms with van der Waals surface area (Å²) < 4.78 is 6.52. The van der Waals surface area contributed by atoms with Crippen molar-refractivity contribution in [3.63, 3.8) is 0 Å². The Balaban J connectivity index is 1.55. The molecule has 1 amide bonds. The van der Waals surface area contributed by atoms with Crippen molar-refractivity contribution >= 4 is 27.3 Å². The van der Waals surface area contributed by atoms with Crippen molar-refractivity contribution in [2.75, 3.05) is 25.1 Å². The van der Waals surface area contributed by atoms with E-state index in [4.69, 9.17) is 4.74 Å². The van der Waals surface area contributed by atoms with Gasteiger partial charge in [-0.25, -0.2) is 4.98 Å². The van der Waals surface area contributed by atoms with Crippen molar-refractivity contribution in [3.8, 4) is 5.75 Å². The first-order valence-corrected chi connectivity index (χ1v) is 10.4. The van der Waals surface area contributed by atoms with Crippen molar-refractivity contribution in [3.05, 3.63) is 51.9 Å². The lowest BCUT2D eigenvalue weighted by Gasteiger charge is -2.30. The zero-order valence-corrected chi connectivity index (χ0v) is 17.2. The van der Waals surface area contributed by atoms with Crippen LogP contribution in [0.4, 0.5) is 5.13 Å². The predicted octanol–water partition coefficient (Wildman–Crippen LogP) is 2.33. The number of methoxy groups -OCH3 is 1. The van der Waals surface area contributed by atoms with Crippen molar-refractivity contribution in [2.45, 2.75) is 26.3 Å². The molecule has 2 aromatic heterocycles. The lowest BCUT2D eigenvalue weighted by atomic mass is 10.0. The second kappa shape index (κ2) is 8.20. The van der Waals surface area contributed by atoms with Crippen LogP contribution in [0.25, 0.3) is 4.96 Å². The third kappa shape index (κ3) is 3.95. The first kappa shape index (κ1) is 19.4. The lowest BCUT2D eigenvalue weighted by molar-refractivity contribution is 0.0948. The molecule has 1 fully saturated rings. The van der Waals surface area contributed by atoms with E-state index in [0.717, 1.165) is 30.2 Å². The molecular formula is C20H23N5O3S. The summed E-state index contributed by atoms with van der Waals surface area (Å²) in [5, 5.41) is 7.98. The van der Waals surface area contributed by atoms with Gasteiger partial charge in [0.1, 0.15) is 11.3 Å². The van der Waals surface area contributed by atoms with Crippen LogP contribution >= 0.6 is 11.3 Å². The maximum atomic E-state index is 12.8. The van der Waals surface area contributed by atoms with E-state index < -0.39 is 11.5 Å². The fourth-order valence-electron chi connectivity index (χ4n) is 3.54. The molecule has 152 valence electrons. The van der Waals surface area contributed by atoms with Crippen LogP contribution in [0.3, 0.4) is 0 Å². The summed E-state index contributed by atoms with van der Waals surface area (Å²) in [5.41, 5.74) is 0.342. The summed E-state index contributed by atoms with van der Waals surface area (Å²) in [7, 11) is 1.58. The number of carbonyl (C=O) groups excluding carboxylic acids is 1. The highest BCUT2D eigenvalue weighted by Gasteiger charge is 2.22. The van der Waals surface area contributed by atoms with Gasteiger partial charge in [-0.3, -0.25) is 9.59 Å². The zero-order valence-electron chi connectivity index (χ0n) is 16.4. The fourth-order valence-corrected chi connectivity index (χ4v) is 4.44. The first-order valence-electron chi connectivity index (χ1n) is 9.60. The molecule has 0 radical (unpaired) electrons. The van der Waals surface area contributed by atoms with Crippen LogP contribution < -0.4 is 20.5 Å². The minimum atomic E-state index is -0.482. The number of nitrogens with one attached hydrogen (secondary N) is 1. The third-order valence-corrected chi connectivity index (χ3v) is 6.06. The maximum Gasteiger partial charge on any atom is 0.288 e. The van der Waals surface area contributed by atoms with E-state index >= 15 is 0 Å². The standard InChI is InChI=1S/C20H23N5O3S/c1-13-6-5-9-24(12-13)20-23-25-18(27)15(11-22-19(25)29-20)17(26)21-10-14-7-3-4-8-16(14)28-2/h3-4,7-8,11,13H,5-6,9-10,12H2,1-2H3,(H,21,26). The molecule has 3 heterocycles. The predicted molar refractivity (Wildman–Crippen MR) is 112 cm³/mol. The average molecular weight is 414 g/mol. The Morgan fingerprint density at radius 3 is 3.00 bits per heavy atom. The Hall–Kier alpha value is -2.94. The van der Waals surface area contributed by atoms with Gasteiger partial charge in [0.2, 0.25) is 10.1 Å². The number of rotatable bonds is 5. The highest BCUT2D eigenvalue weighted by molar-refractivity contribution is 7.20. The Morgan fingerprint density at radius 2 is 2.21 bits per heavy atom. The molecule has 1 N–H and O–H groups in total. The number of anilines is 1. The number of hydrogen-bond acceptors (Lipinski definition) is 7. The van der Waals surface area contributed by atoms with Gasteiger partial charge in [-0.05, 0) is 24.8 Å². The highest BCUT2D eigenvalue weighted by atomic mass is 32.1. The SMILES string of the molecule is COc1ccccc1CNC(=O)c1cnc2sc(N3CCCC(C)C3)nn2c1=O. The second-order valence-electron chi connectivity index (χ2n) is 7.24. The molecule has 0 saturated carbocycles. The summed E-state index contributed by atoms with van der Waals surface area (Å²) in [4.78, 5) is 32.4. The van der Waals surface area contributed by atoms with E-state index in [0.29, 0.717) is 16.6 Å². The fraction of sp³-hybridized carbons (Fsp3) is 0.400. The monoisotopic (exact) mass is 413 g/mol. The van der Waals surface area contributed by atoms with Crippen molar-refractivity contribution in [2.24, 2.45) is 5.92 Å². The van der Waals surface area contributed by atoms with E-state index in [1.807, 2.05) is 24.3 Å². The van der Waals surface area contributed by atoms with Crippen LogP contribution in [0.1, 0.15) is 35.7 Å². The second-order valence-corrected chi connectivity index (χ2v) is 8.18. The number of nitrogens with zero attached hydrogens (tertiary/aromatic N) is 4. The molecule has 9 heteroatoms. The minimum Gasteiger partial charge on any atom is -0.496 e. The number of hydrogen-bond donors (Lipinski definition) is 1. The quantitative estimate of drug-likeness (QED) is 0.691. The summed E-state index contributed by atoms with van der Waals surface area (Å²) in [5.74, 6) is 0.790. The Kier molecular flexibility index (Phi) is 5.48. The molecule has 0 bridgehead atoms. The van der Waals surface area contributed by atoms with Gasteiger partial charge < -0.3 is 15.0 Å². The van der Waals surface area contributed by atoms with Crippen molar-refractivity contribution in [1.29, 1.82) is 0 Å². The van der Waals surface area contributed by atoms with E-state index in [1.165, 1.54) is 28.5 Å². The number of piperidine rings is 1. The number of ether oxygens (including phenoxy) is 1. The van der Waals surface area contributed by atoms with Crippen LogP contribution in [0.2, 0.25) is 0 Å². The Bertz CT molecular complexity index is 1090. The van der Waals surface area contributed by atoms with E-state index in [-0.39, 0.29) is 12.1 Å². The van der Waals surface area contributed by atoms with Crippen LogP contribution in [0.15, 0.2) is 35.3 Å². The minimum absolute atomic E-state index is 0.0266. The summed E-state index contributed by atoms with van der Waals surface area (Å²) in [6, 6.07) is 7.41. The van der Waals surface area contributed by atoms with Crippen LogP contribution in [0, 0.1) is 5.92 Å². The maximum absolute atomic E-state index is 12.8. The molecular weight excluding hydrogens is 390 g/mol. The Labute approximate surface area is 172 Å². The zero-order chi connectivity index (χ0) is 20.4. The van der Waals surface area contributed by atoms with Crippen LogP contribution in [-0.2, 0) is 6.54 Å². The van der Waals surface area contributed by atoms with E-state index in [2.05, 4.69) is 27.2 Å². The number of para-hydroxylation sites is 1. The molecule has 8 nitrogen and oxygen atoms in total. The smallest absolute Gasteiger partial charge is 0.288 e. The first-order chi connectivity index (χ1) is 14.1. The van der Waals surface area contributed by atoms with Crippen LogP contribution in [-0.4, -0.2) is 40.7 Å². The summed E-state index contributed by atoms with van der Waals surface area (Å²) in [6.07, 6.45) is 3.64. The molecule has 3 aromatic rings. The number of aromatic nitrogens is 3. The largest absolute Gasteiger partial charge is 0.496 e. The van der Waals surface area contributed by atoms with Crippen molar-refractivity contribution in [1.82, 2.24) is 19.9 Å². The molecule has 0 spiro atoms. The molecule has 1 saturated heterocycles. The molecule has 1 aliphatic rings. The normalized spacial score (nSPS) is 16.8. The van der Waals surface area contributed by atoms with E-state index in [9.17, 15) is 9.59 Å². The van der Waals surface area contributed by atoms with Gasteiger partial charge in [0.05, 0.1) is 7.11 Å². The number of amides is 1.